The lowest BCUT2D eigenvalue weighted by atomic mass is 9.98. The number of anilines is 1. The third-order valence-corrected chi connectivity index (χ3v) is 5.99. The third kappa shape index (κ3) is 4.34. The Labute approximate surface area is 180 Å². The highest BCUT2D eigenvalue weighted by molar-refractivity contribution is 7.92. The number of nitrogens with zero attached hydrogens (tertiary/aromatic N) is 4. The summed E-state index contributed by atoms with van der Waals surface area (Å²) in [5.74, 6) is -0.260. The van der Waals surface area contributed by atoms with Crippen LogP contribution in [0.15, 0.2) is 36.4 Å². The standard InChI is InChI=1S/C21H25N5O4S/c1-3-14-12-20(27)26-19(22-14)13-17(23-26)18-10-6-7-11-25(18)21(28)15-8-4-5-9-16(15)24-31(2,29)30/h4-5,8-9,12-13,18,24,27H,3,6-7,10-11H2,1-2H3. The highest BCUT2D eigenvalue weighted by Gasteiger charge is 2.32. The van der Waals surface area contributed by atoms with Crippen LogP contribution in [0, 0.1) is 0 Å². The van der Waals surface area contributed by atoms with E-state index < -0.39 is 10.0 Å². The Morgan fingerprint density at radius 3 is 2.77 bits per heavy atom. The zero-order valence-corrected chi connectivity index (χ0v) is 18.3. The van der Waals surface area contributed by atoms with Crippen molar-refractivity contribution in [3.8, 4) is 5.88 Å². The summed E-state index contributed by atoms with van der Waals surface area (Å²) in [7, 11) is -3.53. The summed E-state index contributed by atoms with van der Waals surface area (Å²) in [5.41, 5.74) is 2.48. The van der Waals surface area contributed by atoms with Crippen LogP contribution in [-0.2, 0) is 16.4 Å². The Morgan fingerprint density at radius 2 is 2.03 bits per heavy atom. The average Bonchev–Trinajstić information content (AvgIpc) is 3.17. The molecule has 0 bridgehead atoms. The number of fused-ring (bicyclic) bond motifs is 1. The van der Waals surface area contributed by atoms with Crippen molar-refractivity contribution < 1.29 is 18.3 Å². The average molecular weight is 444 g/mol. The molecular formula is C21H25N5O4S. The smallest absolute Gasteiger partial charge is 0.256 e. The van der Waals surface area contributed by atoms with Gasteiger partial charge in [-0.25, -0.2) is 13.4 Å². The predicted octanol–water partition coefficient (Wildman–Crippen LogP) is 2.74. The lowest BCUT2D eigenvalue weighted by Crippen LogP contribution is -2.39. The third-order valence-electron chi connectivity index (χ3n) is 5.40. The Morgan fingerprint density at radius 1 is 1.26 bits per heavy atom. The van der Waals surface area contributed by atoms with E-state index in [1.54, 1.807) is 41.3 Å². The van der Waals surface area contributed by atoms with Gasteiger partial charge in [0.25, 0.3) is 5.91 Å². The van der Waals surface area contributed by atoms with Gasteiger partial charge >= 0.3 is 0 Å². The van der Waals surface area contributed by atoms with Crippen molar-refractivity contribution in [2.45, 2.75) is 38.6 Å². The maximum Gasteiger partial charge on any atom is 0.256 e. The quantitative estimate of drug-likeness (QED) is 0.626. The highest BCUT2D eigenvalue weighted by Crippen LogP contribution is 2.33. The van der Waals surface area contributed by atoms with Crippen molar-refractivity contribution >= 4 is 27.3 Å². The summed E-state index contributed by atoms with van der Waals surface area (Å²) in [6, 6.07) is 9.67. The first-order chi connectivity index (χ1) is 14.8. The Bertz CT molecular complexity index is 1240. The second kappa shape index (κ2) is 8.18. The van der Waals surface area contributed by atoms with Gasteiger partial charge in [0.1, 0.15) is 0 Å². The Hall–Kier alpha value is -3.14. The second-order valence-electron chi connectivity index (χ2n) is 7.73. The summed E-state index contributed by atoms with van der Waals surface area (Å²) in [5, 5.41) is 14.8. The summed E-state index contributed by atoms with van der Waals surface area (Å²) < 4.78 is 27.3. The fourth-order valence-electron chi connectivity index (χ4n) is 3.97. The zero-order chi connectivity index (χ0) is 22.2. The number of aromatic hydroxyl groups is 1. The zero-order valence-electron chi connectivity index (χ0n) is 17.4. The molecule has 1 aliphatic rings. The van der Waals surface area contributed by atoms with Gasteiger partial charge in [0.15, 0.2) is 5.65 Å². The first kappa shape index (κ1) is 21.1. The molecule has 1 unspecified atom stereocenters. The van der Waals surface area contributed by atoms with Crippen LogP contribution >= 0.6 is 0 Å². The number of carbonyl (C=O) groups is 1. The Kier molecular flexibility index (Phi) is 5.57. The minimum Gasteiger partial charge on any atom is -0.493 e. The first-order valence-corrected chi connectivity index (χ1v) is 12.1. The number of para-hydroxylation sites is 1. The normalized spacial score (nSPS) is 17.1. The lowest BCUT2D eigenvalue weighted by molar-refractivity contribution is 0.0607. The maximum absolute atomic E-state index is 13.5. The topological polar surface area (TPSA) is 117 Å². The number of amides is 1. The molecule has 1 atom stereocenters. The molecule has 0 aliphatic carbocycles. The van der Waals surface area contributed by atoms with Gasteiger partial charge in [-0.15, -0.1) is 0 Å². The number of piperidine rings is 1. The van der Waals surface area contributed by atoms with Gasteiger partial charge in [-0.3, -0.25) is 9.52 Å². The molecule has 1 aliphatic heterocycles. The van der Waals surface area contributed by atoms with Crippen molar-refractivity contribution in [2.75, 3.05) is 17.5 Å². The molecule has 0 radical (unpaired) electrons. The van der Waals surface area contributed by atoms with E-state index in [1.807, 2.05) is 6.92 Å². The van der Waals surface area contributed by atoms with Crippen molar-refractivity contribution in [3.05, 3.63) is 53.3 Å². The van der Waals surface area contributed by atoms with E-state index in [2.05, 4.69) is 14.8 Å². The number of hydrogen-bond donors (Lipinski definition) is 2. The van der Waals surface area contributed by atoms with Gasteiger partial charge in [0.05, 0.1) is 29.2 Å². The molecule has 164 valence electrons. The van der Waals surface area contributed by atoms with E-state index in [1.165, 1.54) is 4.52 Å². The van der Waals surface area contributed by atoms with Crippen LogP contribution in [-0.4, -0.2) is 51.7 Å². The molecule has 1 saturated heterocycles. The van der Waals surface area contributed by atoms with Crippen LogP contribution in [0.2, 0.25) is 0 Å². The molecule has 0 spiro atoms. The molecule has 3 aromatic rings. The van der Waals surface area contributed by atoms with E-state index in [0.717, 1.165) is 31.2 Å². The van der Waals surface area contributed by atoms with Crippen LogP contribution in [0.3, 0.4) is 0 Å². The molecule has 1 aromatic carbocycles. The molecule has 2 N–H and O–H groups in total. The van der Waals surface area contributed by atoms with E-state index in [9.17, 15) is 18.3 Å². The molecule has 1 fully saturated rings. The van der Waals surface area contributed by atoms with Gasteiger partial charge in [-0.1, -0.05) is 19.1 Å². The summed E-state index contributed by atoms with van der Waals surface area (Å²) in [4.78, 5) is 19.7. The summed E-state index contributed by atoms with van der Waals surface area (Å²) in [6.45, 7) is 2.49. The molecule has 31 heavy (non-hydrogen) atoms. The minimum absolute atomic E-state index is 0.00415. The number of rotatable bonds is 5. The van der Waals surface area contributed by atoms with Gasteiger partial charge < -0.3 is 10.0 Å². The van der Waals surface area contributed by atoms with Crippen LogP contribution in [0.25, 0.3) is 5.65 Å². The number of carbonyl (C=O) groups excluding carboxylic acids is 1. The largest absolute Gasteiger partial charge is 0.493 e. The van der Waals surface area contributed by atoms with Gasteiger partial charge in [0, 0.05) is 24.4 Å². The van der Waals surface area contributed by atoms with Crippen molar-refractivity contribution in [1.29, 1.82) is 0 Å². The SMILES string of the molecule is CCc1cc(O)n2nc(C3CCCCN3C(=O)c3ccccc3NS(C)(=O)=O)cc2n1. The summed E-state index contributed by atoms with van der Waals surface area (Å²) >= 11 is 0. The molecule has 4 rings (SSSR count). The molecule has 10 heteroatoms. The molecule has 9 nitrogen and oxygen atoms in total. The van der Waals surface area contributed by atoms with Crippen LogP contribution in [0.4, 0.5) is 5.69 Å². The number of benzene rings is 1. The van der Waals surface area contributed by atoms with Crippen molar-refractivity contribution in [3.63, 3.8) is 0 Å². The Balaban J connectivity index is 1.71. The maximum atomic E-state index is 13.5. The van der Waals surface area contributed by atoms with Crippen LogP contribution in [0.1, 0.15) is 54.0 Å². The number of aromatic nitrogens is 3. The van der Waals surface area contributed by atoms with Crippen molar-refractivity contribution in [2.24, 2.45) is 0 Å². The predicted molar refractivity (Wildman–Crippen MR) is 117 cm³/mol. The van der Waals surface area contributed by atoms with Gasteiger partial charge in [-0.05, 0) is 37.8 Å². The number of likely N-dealkylation sites (tertiary alicyclic amines) is 1. The highest BCUT2D eigenvalue weighted by atomic mass is 32.2. The lowest BCUT2D eigenvalue weighted by Gasteiger charge is -2.35. The van der Waals surface area contributed by atoms with Crippen molar-refractivity contribution in [1.82, 2.24) is 19.5 Å². The van der Waals surface area contributed by atoms with Crippen LogP contribution < -0.4 is 4.72 Å². The van der Waals surface area contributed by atoms with Crippen LogP contribution in [0.5, 0.6) is 5.88 Å². The molecular weight excluding hydrogens is 418 g/mol. The number of hydrogen-bond acceptors (Lipinski definition) is 6. The second-order valence-corrected chi connectivity index (χ2v) is 9.48. The molecule has 2 aromatic heterocycles. The van der Waals surface area contributed by atoms with E-state index in [0.29, 0.717) is 24.3 Å². The fourth-order valence-corrected chi connectivity index (χ4v) is 4.54. The molecule has 1 amide bonds. The number of nitrogens with one attached hydrogen (secondary N) is 1. The van der Waals surface area contributed by atoms with Gasteiger partial charge in [0.2, 0.25) is 15.9 Å². The van der Waals surface area contributed by atoms with E-state index >= 15 is 0 Å². The molecule has 0 saturated carbocycles. The monoisotopic (exact) mass is 443 g/mol. The molecule has 3 heterocycles. The van der Waals surface area contributed by atoms with E-state index in [4.69, 9.17) is 0 Å². The number of aryl methyl sites for hydroxylation is 1. The van der Waals surface area contributed by atoms with Gasteiger partial charge in [-0.2, -0.15) is 9.61 Å². The number of sulfonamides is 1. The minimum atomic E-state index is -3.53. The van der Waals surface area contributed by atoms with E-state index in [-0.39, 0.29) is 29.1 Å². The summed E-state index contributed by atoms with van der Waals surface area (Å²) in [6.07, 6.45) is 4.24. The first-order valence-electron chi connectivity index (χ1n) is 10.2. The fraction of sp³-hybridized carbons (Fsp3) is 0.381.